The number of rotatable bonds is 4. The standard InChI is InChI=1S/C14H21FN2O2S/c1-11-3-4-13(9-14(11)15)20(18,19)17(2)10-12-5-7-16-8-6-12/h3-4,9,12,16H,5-8,10H2,1-2H3. The van der Waals surface area contributed by atoms with Gasteiger partial charge in [-0.15, -0.1) is 0 Å². The third-order valence-electron chi connectivity index (χ3n) is 3.83. The number of nitrogens with zero attached hydrogens (tertiary/aromatic N) is 1. The fraction of sp³-hybridized carbons (Fsp3) is 0.571. The normalized spacial score (nSPS) is 17.6. The third-order valence-corrected chi connectivity index (χ3v) is 5.64. The van der Waals surface area contributed by atoms with Gasteiger partial charge in [0.05, 0.1) is 4.90 Å². The van der Waals surface area contributed by atoms with Crippen LogP contribution in [0.2, 0.25) is 0 Å². The molecule has 1 saturated heterocycles. The topological polar surface area (TPSA) is 49.4 Å². The molecule has 1 N–H and O–H groups in total. The van der Waals surface area contributed by atoms with Gasteiger partial charge in [-0.1, -0.05) is 6.07 Å². The van der Waals surface area contributed by atoms with Gasteiger partial charge in [0.1, 0.15) is 5.82 Å². The Balaban J connectivity index is 2.13. The van der Waals surface area contributed by atoms with Crippen molar-refractivity contribution in [3.05, 3.63) is 29.6 Å². The highest BCUT2D eigenvalue weighted by Gasteiger charge is 2.25. The van der Waals surface area contributed by atoms with Crippen LogP contribution in [0.1, 0.15) is 18.4 Å². The second-order valence-electron chi connectivity index (χ2n) is 5.39. The molecule has 0 spiro atoms. The lowest BCUT2D eigenvalue weighted by Crippen LogP contribution is -2.37. The Bertz CT molecular complexity index is 569. The number of halogens is 1. The van der Waals surface area contributed by atoms with Crippen LogP contribution >= 0.6 is 0 Å². The Morgan fingerprint density at radius 3 is 2.60 bits per heavy atom. The molecule has 0 radical (unpaired) electrons. The van der Waals surface area contributed by atoms with Crippen LogP contribution < -0.4 is 5.32 Å². The van der Waals surface area contributed by atoms with Crippen LogP contribution in [0.3, 0.4) is 0 Å². The van der Waals surface area contributed by atoms with Gasteiger partial charge in [0.25, 0.3) is 0 Å². The van der Waals surface area contributed by atoms with E-state index in [1.54, 1.807) is 14.0 Å². The largest absolute Gasteiger partial charge is 0.317 e. The lowest BCUT2D eigenvalue weighted by Gasteiger charge is -2.27. The minimum atomic E-state index is -3.60. The molecular formula is C14H21FN2O2S. The summed E-state index contributed by atoms with van der Waals surface area (Å²) in [6, 6.07) is 4.07. The van der Waals surface area contributed by atoms with Gasteiger partial charge >= 0.3 is 0 Å². The summed E-state index contributed by atoms with van der Waals surface area (Å²) in [6.07, 6.45) is 1.95. The second-order valence-corrected chi connectivity index (χ2v) is 7.43. The fourth-order valence-electron chi connectivity index (χ4n) is 2.44. The first kappa shape index (κ1) is 15.4. The molecule has 0 atom stereocenters. The van der Waals surface area contributed by atoms with Gasteiger partial charge in [0.2, 0.25) is 10.0 Å². The van der Waals surface area contributed by atoms with Crippen molar-refractivity contribution in [2.45, 2.75) is 24.7 Å². The van der Waals surface area contributed by atoms with E-state index in [2.05, 4.69) is 5.32 Å². The van der Waals surface area contributed by atoms with Crippen molar-refractivity contribution in [3.8, 4) is 0 Å². The summed E-state index contributed by atoms with van der Waals surface area (Å²) in [5, 5.41) is 3.25. The monoisotopic (exact) mass is 300 g/mol. The molecule has 1 heterocycles. The lowest BCUT2D eigenvalue weighted by atomic mass is 9.98. The molecule has 1 aromatic carbocycles. The van der Waals surface area contributed by atoms with Crippen LogP contribution in [0.25, 0.3) is 0 Å². The molecule has 0 bridgehead atoms. The molecule has 4 nitrogen and oxygen atoms in total. The molecule has 0 saturated carbocycles. The predicted octanol–water partition coefficient (Wildman–Crippen LogP) is 1.75. The SMILES string of the molecule is Cc1ccc(S(=O)(=O)N(C)CC2CCNCC2)cc1F. The molecule has 2 rings (SSSR count). The Morgan fingerprint density at radius 1 is 1.35 bits per heavy atom. The predicted molar refractivity (Wildman–Crippen MR) is 76.5 cm³/mol. The van der Waals surface area contributed by atoms with E-state index in [9.17, 15) is 12.8 Å². The number of aryl methyl sites for hydroxylation is 1. The van der Waals surface area contributed by atoms with Crippen LogP contribution in [0.4, 0.5) is 4.39 Å². The van der Waals surface area contributed by atoms with Gasteiger partial charge in [-0.05, 0) is 56.5 Å². The van der Waals surface area contributed by atoms with E-state index in [4.69, 9.17) is 0 Å². The summed E-state index contributed by atoms with van der Waals surface area (Å²) in [6.45, 7) is 3.96. The summed E-state index contributed by atoms with van der Waals surface area (Å²) in [4.78, 5) is 0.0250. The van der Waals surface area contributed by atoms with Gasteiger partial charge < -0.3 is 5.32 Å². The van der Waals surface area contributed by atoms with E-state index in [-0.39, 0.29) is 4.90 Å². The first-order chi connectivity index (χ1) is 9.41. The van der Waals surface area contributed by atoms with Crippen molar-refractivity contribution in [1.29, 1.82) is 0 Å². The first-order valence-corrected chi connectivity index (χ1v) is 8.28. The Hall–Kier alpha value is -0.980. The average molecular weight is 300 g/mol. The molecule has 20 heavy (non-hydrogen) atoms. The van der Waals surface area contributed by atoms with Gasteiger partial charge in [-0.25, -0.2) is 17.1 Å². The highest BCUT2D eigenvalue weighted by Crippen LogP contribution is 2.20. The summed E-state index contributed by atoms with van der Waals surface area (Å²) < 4.78 is 39.7. The fourth-order valence-corrected chi connectivity index (χ4v) is 3.70. The summed E-state index contributed by atoms with van der Waals surface area (Å²) in [5.41, 5.74) is 0.449. The average Bonchev–Trinajstić information content (AvgIpc) is 2.42. The van der Waals surface area contributed by atoms with E-state index < -0.39 is 15.8 Å². The van der Waals surface area contributed by atoms with Gasteiger partial charge in [0, 0.05) is 13.6 Å². The van der Waals surface area contributed by atoms with Gasteiger partial charge in [0.15, 0.2) is 0 Å². The maximum atomic E-state index is 13.5. The second kappa shape index (κ2) is 6.20. The number of hydrogen-bond donors (Lipinski definition) is 1. The van der Waals surface area contributed by atoms with E-state index >= 15 is 0 Å². The van der Waals surface area contributed by atoms with Crippen LogP contribution in [-0.4, -0.2) is 39.4 Å². The zero-order valence-corrected chi connectivity index (χ0v) is 12.7. The number of piperidine rings is 1. The molecule has 1 aliphatic rings. The van der Waals surface area contributed by atoms with Crippen molar-refractivity contribution in [1.82, 2.24) is 9.62 Å². The van der Waals surface area contributed by atoms with Crippen molar-refractivity contribution in [3.63, 3.8) is 0 Å². The van der Waals surface area contributed by atoms with Crippen LogP contribution in [0.5, 0.6) is 0 Å². The molecular weight excluding hydrogens is 279 g/mol. The van der Waals surface area contributed by atoms with E-state index in [0.717, 1.165) is 32.0 Å². The maximum absolute atomic E-state index is 13.5. The zero-order valence-electron chi connectivity index (χ0n) is 11.9. The molecule has 1 fully saturated rings. The molecule has 1 aliphatic heterocycles. The summed E-state index contributed by atoms with van der Waals surface area (Å²) >= 11 is 0. The van der Waals surface area contributed by atoms with Crippen LogP contribution in [0, 0.1) is 18.7 Å². The number of nitrogens with one attached hydrogen (secondary N) is 1. The number of hydrogen-bond acceptors (Lipinski definition) is 3. The first-order valence-electron chi connectivity index (χ1n) is 6.84. The summed E-state index contributed by atoms with van der Waals surface area (Å²) in [5.74, 6) is -0.118. The Kier molecular flexibility index (Phi) is 4.78. The van der Waals surface area contributed by atoms with Crippen LogP contribution in [-0.2, 0) is 10.0 Å². The highest BCUT2D eigenvalue weighted by molar-refractivity contribution is 7.89. The van der Waals surface area contributed by atoms with Crippen molar-refractivity contribution < 1.29 is 12.8 Å². The van der Waals surface area contributed by atoms with E-state index in [1.807, 2.05) is 0 Å². The van der Waals surface area contributed by atoms with E-state index in [0.29, 0.717) is 18.0 Å². The minimum absolute atomic E-state index is 0.0250. The minimum Gasteiger partial charge on any atom is -0.317 e. The number of sulfonamides is 1. The molecule has 0 unspecified atom stereocenters. The number of benzene rings is 1. The van der Waals surface area contributed by atoms with Crippen molar-refractivity contribution >= 4 is 10.0 Å². The summed E-state index contributed by atoms with van der Waals surface area (Å²) in [7, 11) is -2.04. The lowest BCUT2D eigenvalue weighted by molar-refractivity contribution is 0.311. The van der Waals surface area contributed by atoms with Gasteiger partial charge in [-0.2, -0.15) is 0 Å². The molecule has 1 aromatic rings. The maximum Gasteiger partial charge on any atom is 0.242 e. The van der Waals surface area contributed by atoms with Gasteiger partial charge in [-0.3, -0.25) is 0 Å². The Labute approximate surface area is 120 Å². The molecule has 112 valence electrons. The quantitative estimate of drug-likeness (QED) is 0.922. The molecule has 0 aliphatic carbocycles. The van der Waals surface area contributed by atoms with Crippen molar-refractivity contribution in [2.75, 3.05) is 26.7 Å². The molecule has 0 aromatic heterocycles. The van der Waals surface area contributed by atoms with E-state index in [1.165, 1.54) is 16.4 Å². The molecule has 0 amide bonds. The zero-order chi connectivity index (χ0) is 14.8. The Morgan fingerprint density at radius 2 is 2.00 bits per heavy atom. The van der Waals surface area contributed by atoms with Crippen molar-refractivity contribution in [2.24, 2.45) is 5.92 Å². The smallest absolute Gasteiger partial charge is 0.242 e. The highest BCUT2D eigenvalue weighted by atomic mass is 32.2. The third kappa shape index (κ3) is 3.37. The molecule has 6 heteroatoms. The van der Waals surface area contributed by atoms with Crippen LogP contribution in [0.15, 0.2) is 23.1 Å².